The molecule has 2 heterocycles. The summed E-state index contributed by atoms with van der Waals surface area (Å²) in [6.07, 6.45) is 6.97. The number of hydrogen-bond acceptors (Lipinski definition) is 5. The van der Waals surface area contributed by atoms with Crippen LogP contribution in [0.15, 0.2) is 29.0 Å². The summed E-state index contributed by atoms with van der Waals surface area (Å²) < 4.78 is 5.41. The van der Waals surface area contributed by atoms with E-state index in [4.69, 9.17) is 4.52 Å². The van der Waals surface area contributed by atoms with E-state index in [9.17, 15) is 0 Å². The standard InChI is InChI=1S/C13H16N4O/c1-14-11-4-2-3-10(11)13-16-12(17-18-13)9-5-7-15-8-6-9/h5-8,10-11,14H,2-4H2,1H3/t10-,11-/m1/s1. The van der Waals surface area contributed by atoms with E-state index in [2.05, 4.69) is 20.4 Å². The molecule has 5 heteroatoms. The van der Waals surface area contributed by atoms with Gasteiger partial charge in [0.1, 0.15) is 0 Å². The summed E-state index contributed by atoms with van der Waals surface area (Å²) in [4.78, 5) is 8.50. The molecule has 0 bridgehead atoms. The van der Waals surface area contributed by atoms with Crippen LogP contribution in [-0.4, -0.2) is 28.2 Å². The highest BCUT2D eigenvalue weighted by atomic mass is 16.5. The maximum atomic E-state index is 5.41. The van der Waals surface area contributed by atoms with Gasteiger partial charge in [0.15, 0.2) is 0 Å². The van der Waals surface area contributed by atoms with E-state index in [-0.39, 0.29) is 0 Å². The van der Waals surface area contributed by atoms with Gasteiger partial charge in [-0.25, -0.2) is 0 Å². The van der Waals surface area contributed by atoms with Gasteiger partial charge in [0.05, 0.1) is 5.92 Å². The number of aromatic nitrogens is 3. The Morgan fingerprint density at radius 3 is 2.89 bits per heavy atom. The second-order valence-electron chi connectivity index (χ2n) is 4.62. The first-order valence-electron chi connectivity index (χ1n) is 6.30. The molecule has 0 amide bonds. The predicted octanol–water partition coefficient (Wildman–Crippen LogP) is 1.99. The Balaban J connectivity index is 1.86. The normalized spacial score (nSPS) is 23.4. The maximum Gasteiger partial charge on any atom is 0.231 e. The lowest BCUT2D eigenvalue weighted by Crippen LogP contribution is -2.27. The zero-order chi connectivity index (χ0) is 12.4. The van der Waals surface area contributed by atoms with Crippen LogP contribution in [0.5, 0.6) is 0 Å². The highest BCUT2D eigenvalue weighted by Gasteiger charge is 2.31. The van der Waals surface area contributed by atoms with Crippen molar-refractivity contribution >= 4 is 0 Å². The molecular formula is C13H16N4O. The van der Waals surface area contributed by atoms with Crippen molar-refractivity contribution in [2.75, 3.05) is 7.05 Å². The monoisotopic (exact) mass is 244 g/mol. The zero-order valence-corrected chi connectivity index (χ0v) is 10.3. The predicted molar refractivity (Wildman–Crippen MR) is 67.0 cm³/mol. The van der Waals surface area contributed by atoms with Gasteiger partial charge in [-0.15, -0.1) is 0 Å². The summed E-state index contributed by atoms with van der Waals surface area (Å²) in [5.74, 6) is 1.74. The molecule has 0 radical (unpaired) electrons. The van der Waals surface area contributed by atoms with Gasteiger partial charge in [0.2, 0.25) is 11.7 Å². The number of nitrogens with one attached hydrogen (secondary N) is 1. The minimum atomic E-state index is 0.345. The largest absolute Gasteiger partial charge is 0.339 e. The summed E-state index contributed by atoms with van der Waals surface area (Å²) in [5.41, 5.74) is 0.944. The van der Waals surface area contributed by atoms with Crippen molar-refractivity contribution in [3.63, 3.8) is 0 Å². The molecule has 0 spiro atoms. The van der Waals surface area contributed by atoms with Gasteiger partial charge < -0.3 is 9.84 Å². The van der Waals surface area contributed by atoms with Crippen molar-refractivity contribution in [3.8, 4) is 11.4 Å². The molecule has 3 rings (SSSR count). The Morgan fingerprint density at radius 2 is 2.11 bits per heavy atom. The smallest absolute Gasteiger partial charge is 0.231 e. The molecule has 2 aromatic heterocycles. The average molecular weight is 244 g/mol. The SMILES string of the molecule is CN[C@@H]1CCC[C@H]1c1nc(-c2ccncc2)no1. The van der Waals surface area contributed by atoms with Crippen LogP contribution in [-0.2, 0) is 0 Å². The zero-order valence-electron chi connectivity index (χ0n) is 10.3. The topological polar surface area (TPSA) is 63.8 Å². The lowest BCUT2D eigenvalue weighted by atomic mass is 10.0. The number of likely N-dealkylation sites (N-methyl/N-ethyl adjacent to an activating group) is 1. The molecule has 2 atom stereocenters. The molecule has 94 valence electrons. The van der Waals surface area contributed by atoms with Gasteiger partial charge in [0.25, 0.3) is 0 Å². The average Bonchev–Trinajstić information content (AvgIpc) is 3.08. The Hall–Kier alpha value is -1.75. The first-order valence-corrected chi connectivity index (χ1v) is 6.30. The fraction of sp³-hybridized carbons (Fsp3) is 0.462. The van der Waals surface area contributed by atoms with Crippen molar-refractivity contribution in [2.24, 2.45) is 0 Å². The number of nitrogens with zero attached hydrogens (tertiary/aromatic N) is 3. The summed E-state index contributed by atoms with van der Waals surface area (Å²) in [6, 6.07) is 4.23. The lowest BCUT2D eigenvalue weighted by Gasteiger charge is -2.14. The van der Waals surface area contributed by atoms with E-state index in [1.165, 1.54) is 12.8 Å². The van der Waals surface area contributed by atoms with E-state index in [1.807, 2.05) is 19.2 Å². The fourth-order valence-corrected chi connectivity index (χ4v) is 2.61. The second-order valence-corrected chi connectivity index (χ2v) is 4.62. The Morgan fingerprint density at radius 1 is 1.28 bits per heavy atom. The van der Waals surface area contributed by atoms with Crippen LogP contribution in [0.25, 0.3) is 11.4 Å². The van der Waals surface area contributed by atoms with E-state index in [0.29, 0.717) is 17.8 Å². The van der Waals surface area contributed by atoms with Gasteiger partial charge >= 0.3 is 0 Å². The van der Waals surface area contributed by atoms with Crippen LogP contribution in [0, 0.1) is 0 Å². The highest BCUT2D eigenvalue weighted by molar-refractivity contribution is 5.52. The molecule has 0 aliphatic heterocycles. The third-order valence-corrected chi connectivity index (χ3v) is 3.58. The summed E-state index contributed by atoms with van der Waals surface area (Å²) >= 11 is 0. The van der Waals surface area contributed by atoms with Gasteiger partial charge in [-0.2, -0.15) is 4.98 Å². The molecule has 0 unspecified atom stereocenters. The van der Waals surface area contributed by atoms with Crippen LogP contribution in [0.3, 0.4) is 0 Å². The lowest BCUT2D eigenvalue weighted by molar-refractivity contribution is 0.335. The van der Waals surface area contributed by atoms with Crippen molar-refractivity contribution in [1.82, 2.24) is 20.4 Å². The van der Waals surface area contributed by atoms with Gasteiger partial charge in [-0.1, -0.05) is 11.6 Å². The quantitative estimate of drug-likeness (QED) is 0.894. The van der Waals surface area contributed by atoms with E-state index < -0.39 is 0 Å². The molecular weight excluding hydrogens is 228 g/mol. The third kappa shape index (κ3) is 2.01. The van der Waals surface area contributed by atoms with Crippen molar-refractivity contribution in [3.05, 3.63) is 30.4 Å². The van der Waals surface area contributed by atoms with Crippen molar-refractivity contribution in [2.45, 2.75) is 31.2 Å². The second kappa shape index (κ2) is 4.86. The molecule has 0 saturated heterocycles. The van der Waals surface area contributed by atoms with Crippen LogP contribution in [0.2, 0.25) is 0 Å². The Kier molecular flexibility index (Phi) is 3.06. The first kappa shape index (κ1) is 11.3. The summed E-state index contributed by atoms with van der Waals surface area (Å²) in [5, 5.41) is 7.38. The van der Waals surface area contributed by atoms with Crippen molar-refractivity contribution in [1.29, 1.82) is 0 Å². The van der Waals surface area contributed by atoms with Gasteiger partial charge in [0, 0.05) is 24.0 Å². The van der Waals surface area contributed by atoms with Crippen LogP contribution >= 0.6 is 0 Å². The molecule has 1 saturated carbocycles. The molecule has 1 aliphatic carbocycles. The van der Waals surface area contributed by atoms with E-state index >= 15 is 0 Å². The van der Waals surface area contributed by atoms with Crippen LogP contribution in [0.1, 0.15) is 31.1 Å². The minimum Gasteiger partial charge on any atom is -0.339 e. The fourth-order valence-electron chi connectivity index (χ4n) is 2.61. The van der Waals surface area contributed by atoms with Gasteiger partial charge in [-0.05, 0) is 32.0 Å². The summed E-state index contributed by atoms with van der Waals surface area (Å²) in [6.45, 7) is 0. The first-order chi connectivity index (χ1) is 8.88. The van der Waals surface area contributed by atoms with Crippen LogP contribution in [0.4, 0.5) is 0 Å². The Bertz CT molecular complexity index is 511. The maximum absolute atomic E-state index is 5.41. The van der Waals surface area contributed by atoms with Crippen molar-refractivity contribution < 1.29 is 4.52 Å². The number of pyridine rings is 1. The molecule has 18 heavy (non-hydrogen) atoms. The molecule has 5 nitrogen and oxygen atoms in total. The number of rotatable bonds is 3. The van der Waals surface area contributed by atoms with Gasteiger partial charge in [-0.3, -0.25) is 4.98 Å². The molecule has 1 fully saturated rings. The molecule has 0 aromatic carbocycles. The van der Waals surface area contributed by atoms with Crippen LogP contribution < -0.4 is 5.32 Å². The highest BCUT2D eigenvalue weighted by Crippen LogP contribution is 2.34. The summed E-state index contributed by atoms with van der Waals surface area (Å²) in [7, 11) is 1.99. The van der Waals surface area contributed by atoms with E-state index in [0.717, 1.165) is 17.9 Å². The minimum absolute atomic E-state index is 0.345. The van der Waals surface area contributed by atoms with E-state index in [1.54, 1.807) is 12.4 Å². The molecule has 1 N–H and O–H groups in total. The Labute approximate surface area is 106 Å². The third-order valence-electron chi connectivity index (χ3n) is 3.58. The molecule has 2 aromatic rings. The number of hydrogen-bond donors (Lipinski definition) is 1. The molecule has 1 aliphatic rings.